The van der Waals surface area contributed by atoms with E-state index in [9.17, 15) is 0 Å². The predicted molar refractivity (Wildman–Crippen MR) is 68.7 cm³/mol. The van der Waals surface area contributed by atoms with Crippen molar-refractivity contribution in [1.29, 1.82) is 0 Å². The van der Waals surface area contributed by atoms with Gasteiger partial charge in [0.15, 0.2) is 0 Å². The largest absolute Gasteiger partial charge is 0.491 e. The fourth-order valence-electron chi connectivity index (χ4n) is 1.59. The lowest BCUT2D eigenvalue weighted by atomic mass is 10.0. The molecular weight excluding hydrogens is 216 g/mol. The summed E-state index contributed by atoms with van der Waals surface area (Å²) in [5, 5.41) is 0. The summed E-state index contributed by atoms with van der Waals surface area (Å²) < 4.78 is 10.6. The molecule has 4 nitrogen and oxygen atoms in total. The Hall–Kier alpha value is -1.36. The molecule has 0 saturated carbocycles. The molecule has 0 aromatic heterocycles. The third kappa shape index (κ3) is 4.19. The Morgan fingerprint density at radius 1 is 1.41 bits per heavy atom. The van der Waals surface area contributed by atoms with Crippen molar-refractivity contribution < 1.29 is 9.47 Å². The van der Waals surface area contributed by atoms with Gasteiger partial charge in [-0.3, -0.25) is 11.3 Å². The molecule has 1 unspecified atom stereocenters. The Morgan fingerprint density at radius 2 is 2.18 bits per heavy atom. The average Bonchev–Trinajstić information content (AvgIpc) is 2.37. The second-order valence-electron chi connectivity index (χ2n) is 3.62. The van der Waals surface area contributed by atoms with Crippen LogP contribution in [0.1, 0.15) is 18.0 Å². The van der Waals surface area contributed by atoms with E-state index >= 15 is 0 Å². The highest BCUT2D eigenvalue weighted by molar-refractivity contribution is 5.36. The van der Waals surface area contributed by atoms with Gasteiger partial charge in [-0.25, -0.2) is 0 Å². The van der Waals surface area contributed by atoms with Gasteiger partial charge in [0, 0.05) is 12.7 Å². The second-order valence-corrected chi connectivity index (χ2v) is 3.62. The number of ether oxygens (including phenoxy) is 2. The Labute approximate surface area is 102 Å². The third-order valence-corrected chi connectivity index (χ3v) is 2.44. The van der Waals surface area contributed by atoms with Gasteiger partial charge in [-0.15, -0.1) is 6.58 Å². The maximum Gasteiger partial charge on any atom is 0.124 e. The van der Waals surface area contributed by atoms with Gasteiger partial charge in [0.25, 0.3) is 0 Å². The summed E-state index contributed by atoms with van der Waals surface area (Å²) in [6.45, 7) is 4.82. The molecule has 1 atom stereocenters. The lowest BCUT2D eigenvalue weighted by Gasteiger charge is -2.18. The van der Waals surface area contributed by atoms with Crippen LogP contribution in [0.25, 0.3) is 0 Å². The van der Waals surface area contributed by atoms with Crippen LogP contribution in [0.2, 0.25) is 0 Å². The summed E-state index contributed by atoms with van der Waals surface area (Å²) in [5.74, 6) is 6.36. The van der Waals surface area contributed by atoms with E-state index in [1.807, 2.05) is 30.3 Å². The molecule has 17 heavy (non-hydrogen) atoms. The summed E-state index contributed by atoms with van der Waals surface area (Å²) in [5.41, 5.74) is 3.80. The minimum atomic E-state index is 0.0197. The molecule has 1 rings (SSSR count). The Balaban J connectivity index is 2.77. The van der Waals surface area contributed by atoms with Crippen molar-refractivity contribution in [3.63, 3.8) is 0 Å². The van der Waals surface area contributed by atoms with Crippen molar-refractivity contribution >= 4 is 0 Å². The summed E-state index contributed by atoms with van der Waals surface area (Å²) >= 11 is 0. The van der Waals surface area contributed by atoms with Crippen molar-refractivity contribution in [3.05, 3.63) is 42.5 Å². The molecule has 4 heteroatoms. The molecule has 0 heterocycles. The fourth-order valence-corrected chi connectivity index (χ4v) is 1.59. The number of nitrogens with one attached hydrogen (secondary N) is 1. The van der Waals surface area contributed by atoms with Crippen molar-refractivity contribution in [2.75, 3.05) is 20.3 Å². The lowest BCUT2D eigenvalue weighted by Crippen LogP contribution is -2.28. The molecule has 0 saturated heterocycles. The lowest BCUT2D eigenvalue weighted by molar-refractivity contribution is 0.145. The van der Waals surface area contributed by atoms with Gasteiger partial charge >= 0.3 is 0 Å². The van der Waals surface area contributed by atoms with E-state index in [2.05, 4.69) is 12.0 Å². The van der Waals surface area contributed by atoms with E-state index in [4.69, 9.17) is 15.3 Å². The number of nitrogens with two attached hydrogens (primary N) is 1. The number of rotatable bonds is 8. The van der Waals surface area contributed by atoms with E-state index < -0.39 is 0 Å². The summed E-state index contributed by atoms with van der Waals surface area (Å²) in [4.78, 5) is 0. The van der Waals surface area contributed by atoms with Crippen LogP contribution in [0.4, 0.5) is 0 Å². The second kappa shape index (κ2) is 7.84. The van der Waals surface area contributed by atoms with Gasteiger partial charge in [0.1, 0.15) is 12.4 Å². The Kier molecular flexibility index (Phi) is 6.32. The molecular formula is C13H20N2O2. The van der Waals surface area contributed by atoms with Crippen LogP contribution in [0, 0.1) is 0 Å². The third-order valence-electron chi connectivity index (χ3n) is 2.44. The van der Waals surface area contributed by atoms with Crippen molar-refractivity contribution in [2.45, 2.75) is 12.5 Å². The zero-order chi connectivity index (χ0) is 12.5. The van der Waals surface area contributed by atoms with Crippen LogP contribution in [0.3, 0.4) is 0 Å². The zero-order valence-electron chi connectivity index (χ0n) is 10.2. The van der Waals surface area contributed by atoms with Crippen LogP contribution in [-0.4, -0.2) is 20.3 Å². The highest BCUT2D eigenvalue weighted by Gasteiger charge is 2.12. The van der Waals surface area contributed by atoms with Gasteiger partial charge in [-0.1, -0.05) is 24.3 Å². The normalized spacial score (nSPS) is 12.1. The molecule has 0 aliphatic rings. The topological polar surface area (TPSA) is 56.5 Å². The van der Waals surface area contributed by atoms with Crippen LogP contribution in [0.5, 0.6) is 5.75 Å². The van der Waals surface area contributed by atoms with Gasteiger partial charge in [-0.2, -0.15) is 0 Å². The molecule has 1 aromatic carbocycles. The SMILES string of the molecule is C=CCC(NN)c1ccccc1OCCOC. The van der Waals surface area contributed by atoms with Crippen LogP contribution >= 0.6 is 0 Å². The number of methoxy groups -OCH3 is 1. The van der Waals surface area contributed by atoms with E-state index in [0.29, 0.717) is 13.2 Å². The predicted octanol–water partition coefficient (Wildman–Crippen LogP) is 1.79. The van der Waals surface area contributed by atoms with E-state index in [1.54, 1.807) is 7.11 Å². The average molecular weight is 236 g/mol. The van der Waals surface area contributed by atoms with Gasteiger partial charge in [0.2, 0.25) is 0 Å². The highest BCUT2D eigenvalue weighted by Crippen LogP contribution is 2.26. The number of hydrogen-bond donors (Lipinski definition) is 2. The first-order chi connectivity index (χ1) is 8.33. The standard InChI is InChI=1S/C13H20N2O2/c1-3-6-12(15-14)11-7-4-5-8-13(11)17-10-9-16-2/h3-5,7-8,12,15H,1,6,9-10,14H2,2H3. The van der Waals surface area contributed by atoms with Crippen LogP contribution < -0.4 is 16.0 Å². The van der Waals surface area contributed by atoms with Crippen LogP contribution in [0.15, 0.2) is 36.9 Å². The fraction of sp³-hybridized carbons (Fsp3) is 0.385. The minimum absolute atomic E-state index is 0.0197. The van der Waals surface area contributed by atoms with E-state index in [0.717, 1.165) is 17.7 Å². The molecule has 0 radical (unpaired) electrons. The maximum absolute atomic E-state index is 5.65. The van der Waals surface area contributed by atoms with Gasteiger partial charge in [0.05, 0.1) is 12.6 Å². The minimum Gasteiger partial charge on any atom is -0.491 e. The monoisotopic (exact) mass is 236 g/mol. The first-order valence-electron chi connectivity index (χ1n) is 5.61. The highest BCUT2D eigenvalue weighted by atomic mass is 16.5. The summed E-state index contributed by atoms with van der Waals surface area (Å²) in [6, 6.07) is 7.85. The summed E-state index contributed by atoms with van der Waals surface area (Å²) in [7, 11) is 1.65. The van der Waals surface area contributed by atoms with E-state index in [1.165, 1.54) is 0 Å². The van der Waals surface area contributed by atoms with Gasteiger partial charge < -0.3 is 9.47 Å². The Morgan fingerprint density at radius 3 is 2.82 bits per heavy atom. The van der Waals surface area contributed by atoms with Crippen molar-refractivity contribution in [3.8, 4) is 5.75 Å². The molecule has 0 spiro atoms. The number of hydrazine groups is 1. The molecule has 1 aromatic rings. The molecule has 0 aliphatic carbocycles. The smallest absolute Gasteiger partial charge is 0.124 e. The molecule has 0 aliphatic heterocycles. The maximum atomic E-state index is 5.65. The number of para-hydroxylation sites is 1. The van der Waals surface area contributed by atoms with Gasteiger partial charge in [-0.05, 0) is 12.5 Å². The quantitative estimate of drug-likeness (QED) is 0.313. The Bertz CT molecular complexity index is 342. The number of hydrogen-bond acceptors (Lipinski definition) is 4. The van der Waals surface area contributed by atoms with E-state index in [-0.39, 0.29) is 6.04 Å². The van der Waals surface area contributed by atoms with Crippen molar-refractivity contribution in [2.24, 2.45) is 5.84 Å². The molecule has 3 N–H and O–H groups in total. The first kappa shape index (κ1) is 13.7. The molecule has 0 fully saturated rings. The van der Waals surface area contributed by atoms with Crippen molar-refractivity contribution in [1.82, 2.24) is 5.43 Å². The van der Waals surface area contributed by atoms with Crippen LogP contribution in [-0.2, 0) is 4.74 Å². The summed E-state index contributed by atoms with van der Waals surface area (Å²) in [6.07, 6.45) is 2.58. The molecule has 0 amide bonds. The molecule has 0 bridgehead atoms. The number of benzene rings is 1. The first-order valence-corrected chi connectivity index (χ1v) is 5.61. The molecule has 94 valence electrons. The zero-order valence-corrected chi connectivity index (χ0v) is 10.2.